The summed E-state index contributed by atoms with van der Waals surface area (Å²) >= 11 is 0. The van der Waals surface area contributed by atoms with E-state index in [1.165, 1.54) is 0 Å². The van der Waals surface area contributed by atoms with Gasteiger partial charge in [0.05, 0.1) is 7.80 Å². The molecule has 62 valence electrons. The molecule has 0 aromatic heterocycles. The lowest BCUT2D eigenvalue weighted by Crippen LogP contribution is -1.97. The second-order valence-electron chi connectivity index (χ2n) is 3.73. The first-order valence-corrected chi connectivity index (χ1v) is 5.86. The van der Waals surface area contributed by atoms with E-state index in [1.54, 1.807) is 0 Å². The fourth-order valence-corrected chi connectivity index (χ4v) is 2.98. The van der Waals surface area contributed by atoms with Gasteiger partial charge in [-0.15, -0.1) is 0 Å². The number of hydrogen-bond donors (Lipinski definition) is 0. The molecule has 0 N–H and O–H groups in total. The predicted octanol–water partition coefficient (Wildman–Crippen LogP) is 2.86. The van der Waals surface area contributed by atoms with Crippen LogP contribution in [0.2, 0.25) is 0 Å². The Bertz CT molecular complexity index is 95.8. The van der Waals surface area contributed by atoms with Gasteiger partial charge in [0.15, 0.2) is 0 Å². The summed E-state index contributed by atoms with van der Waals surface area (Å²) in [5.74, 6) is 1.20. The molecule has 0 radical (unpaired) electrons. The van der Waals surface area contributed by atoms with E-state index >= 15 is 0 Å². The van der Waals surface area contributed by atoms with E-state index in [9.17, 15) is 4.57 Å². The van der Waals surface area contributed by atoms with Gasteiger partial charge in [-0.2, -0.15) is 0 Å². The summed E-state index contributed by atoms with van der Waals surface area (Å²) in [7, 11) is -1.24. The summed E-state index contributed by atoms with van der Waals surface area (Å²) in [4.78, 5) is 0. The van der Waals surface area contributed by atoms with E-state index in [0.717, 1.165) is 12.3 Å². The Morgan fingerprint density at radius 3 is 1.50 bits per heavy atom. The molecule has 0 saturated heterocycles. The van der Waals surface area contributed by atoms with Crippen LogP contribution in [-0.4, -0.2) is 12.3 Å². The lowest BCUT2D eigenvalue weighted by molar-refractivity contribution is 0.571. The maximum atomic E-state index is 11.2. The zero-order chi connectivity index (χ0) is 8.15. The zero-order valence-electron chi connectivity index (χ0n) is 7.48. The monoisotopic (exact) mass is 162 g/mol. The van der Waals surface area contributed by atoms with Crippen LogP contribution in [0, 0.1) is 11.8 Å². The molecule has 0 aliphatic rings. The molecular formula is C8H19OP. The number of hydrogen-bond acceptors (Lipinski definition) is 1. The third-order valence-corrected chi connectivity index (χ3v) is 3.82. The first-order chi connectivity index (χ1) is 4.52. The fourth-order valence-electron chi connectivity index (χ4n) is 0.994. The van der Waals surface area contributed by atoms with Crippen molar-refractivity contribution in [1.82, 2.24) is 0 Å². The lowest BCUT2D eigenvalue weighted by atomic mass is 10.3. The quantitative estimate of drug-likeness (QED) is 0.581. The van der Waals surface area contributed by atoms with Crippen molar-refractivity contribution < 1.29 is 4.57 Å². The van der Waals surface area contributed by atoms with Crippen LogP contribution in [0.5, 0.6) is 0 Å². The Morgan fingerprint density at radius 2 is 1.30 bits per heavy atom. The summed E-state index contributed by atoms with van der Waals surface area (Å²) in [5.41, 5.74) is 0. The van der Waals surface area contributed by atoms with Crippen molar-refractivity contribution in [2.24, 2.45) is 11.8 Å². The largest absolute Gasteiger partial charge is 0.327 e. The van der Waals surface area contributed by atoms with Gasteiger partial charge in [0.1, 0.15) is 0 Å². The first kappa shape index (κ1) is 10.2. The van der Waals surface area contributed by atoms with E-state index < -0.39 is 7.80 Å². The average Bonchev–Trinajstić information content (AvgIpc) is 1.58. The molecule has 0 aliphatic carbocycles. The molecule has 0 fully saturated rings. The van der Waals surface area contributed by atoms with Gasteiger partial charge in [-0.05, 0) is 11.8 Å². The molecule has 0 unspecified atom stereocenters. The predicted molar refractivity (Wildman–Crippen MR) is 48.4 cm³/mol. The Kier molecular flexibility index (Phi) is 5.07. The molecule has 10 heavy (non-hydrogen) atoms. The van der Waals surface area contributed by atoms with Gasteiger partial charge in [-0.25, -0.2) is 0 Å². The van der Waals surface area contributed by atoms with Crippen LogP contribution < -0.4 is 0 Å². The van der Waals surface area contributed by atoms with Crippen molar-refractivity contribution in [3.63, 3.8) is 0 Å². The molecule has 0 heterocycles. The van der Waals surface area contributed by atoms with Crippen LogP contribution in [0.1, 0.15) is 27.7 Å². The van der Waals surface area contributed by atoms with Crippen LogP contribution in [0.25, 0.3) is 0 Å². The Labute approximate surface area is 65.0 Å². The van der Waals surface area contributed by atoms with E-state index in [1.807, 2.05) is 0 Å². The second-order valence-corrected chi connectivity index (χ2v) is 5.63. The normalized spacial score (nSPS) is 11.9. The van der Waals surface area contributed by atoms with Gasteiger partial charge < -0.3 is 4.57 Å². The minimum Gasteiger partial charge on any atom is -0.327 e. The standard InChI is InChI=1S/C8H19OP/c1-7(2)5-10(9)6-8(3)4/h7-8,10H,5-6H2,1-4H3. The second kappa shape index (κ2) is 4.96. The topological polar surface area (TPSA) is 17.1 Å². The third-order valence-electron chi connectivity index (χ3n) is 1.27. The minimum absolute atomic E-state index is 0.602. The molecule has 0 spiro atoms. The van der Waals surface area contributed by atoms with Crippen molar-refractivity contribution in [3.05, 3.63) is 0 Å². The Morgan fingerprint density at radius 1 is 1.00 bits per heavy atom. The Hall–Kier alpha value is 0.230. The van der Waals surface area contributed by atoms with E-state index in [4.69, 9.17) is 0 Å². The molecular weight excluding hydrogens is 143 g/mol. The van der Waals surface area contributed by atoms with Crippen LogP contribution in [0.15, 0.2) is 0 Å². The van der Waals surface area contributed by atoms with Gasteiger partial charge >= 0.3 is 0 Å². The third kappa shape index (κ3) is 6.35. The SMILES string of the molecule is CC(C)C[PH](=O)CC(C)C. The maximum absolute atomic E-state index is 11.2. The van der Waals surface area contributed by atoms with Gasteiger partial charge in [0.25, 0.3) is 0 Å². The summed E-state index contributed by atoms with van der Waals surface area (Å²) in [5, 5.41) is 0. The molecule has 0 rings (SSSR count). The summed E-state index contributed by atoms with van der Waals surface area (Å²) in [6, 6.07) is 0. The van der Waals surface area contributed by atoms with E-state index in [-0.39, 0.29) is 0 Å². The highest BCUT2D eigenvalue weighted by Gasteiger charge is 2.04. The summed E-state index contributed by atoms with van der Waals surface area (Å²) in [6.07, 6.45) is 1.87. The van der Waals surface area contributed by atoms with Gasteiger partial charge in [0.2, 0.25) is 0 Å². The molecule has 0 aromatic carbocycles. The minimum atomic E-state index is -1.24. The van der Waals surface area contributed by atoms with Crippen LogP contribution in [-0.2, 0) is 4.57 Å². The van der Waals surface area contributed by atoms with Crippen LogP contribution in [0.3, 0.4) is 0 Å². The average molecular weight is 162 g/mol. The highest BCUT2D eigenvalue weighted by molar-refractivity contribution is 7.44. The molecule has 0 aliphatic heterocycles. The molecule has 0 atom stereocenters. The molecule has 0 saturated carbocycles. The Balaban J connectivity index is 3.44. The lowest BCUT2D eigenvalue weighted by Gasteiger charge is -2.06. The highest BCUT2D eigenvalue weighted by atomic mass is 31.1. The summed E-state index contributed by atoms with van der Waals surface area (Å²) in [6.45, 7) is 8.51. The highest BCUT2D eigenvalue weighted by Crippen LogP contribution is 2.26. The first-order valence-electron chi connectivity index (χ1n) is 4.04. The van der Waals surface area contributed by atoms with Crippen LogP contribution in [0.4, 0.5) is 0 Å². The molecule has 2 heteroatoms. The summed E-state index contributed by atoms with van der Waals surface area (Å²) < 4.78 is 11.2. The zero-order valence-corrected chi connectivity index (χ0v) is 8.48. The van der Waals surface area contributed by atoms with E-state index in [0.29, 0.717) is 11.8 Å². The van der Waals surface area contributed by atoms with Crippen molar-refractivity contribution in [3.8, 4) is 0 Å². The molecule has 0 bridgehead atoms. The molecule has 1 nitrogen and oxygen atoms in total. The maximum Gasteiger partial charge on any atom is 0.0767 e. The van der Waals surface area contributed by atoms with Crippen molar-refractivity contribution >= 4 is 7.80 Å². The van der Waals surface area contributed by atoms with Gasteiger partial charge in [-0.1, -0.05) is 27.7 Å². The van der Waals surface area contributed by atoms with Crippen molar-refractivity contribution in [1.29, 1.82) is 0 Å². The smallest absolute Gasteiger partial charge is 0.0767 e. The molecule has 0 amide bonds. The molecule has 0 aromatic rings. The number of rotatable bonds is 4. The van der Waals surface area contributed by atoms with E-state index in [2.05, 4.69) is 27.7 Å². The fraction of sp³-hybridized carbons (Fsp3) is 1.00. The van der Waals surface area contributed by atoms with Gasteiger partial charge in [0, 0.05) is 12.3 Å². The van der Waals surface area contributed by atoms with Gasteiger partial charge in [-0.3, -0.25) is 0 Å². The van der Waals surface area contributed by atoms with Crippen molar-refractivity contribution in [2.45, 2.75) is 27.7 Å². The van der Waals surface area contributed by atoms with Crippen molar-refractivity contribution in [2.75, 3.05) is 12.3 Å². The van der Waals surface area contributed by atoms with Crippen LogP contribution >= 0.6 is 7.80 Å².